The smallest absolute Gasteiger partial charge is 0.130 e. The first-order chi connectivity index (χ1) is 8.50. The number of rotatable bonds is 4. The zero-order valence-corrected chi connectivity index (χ0v) is 11.6. The average Bonchev–Trinajstić information content (AvgIpc) is 2.74. The van der Waals surface area contributed by atoms with Crippen molar-refractivity contribution in [2.75, 3.05) is 12.3 Å². The Morgan fingerprint density at radius 3 is 2.83 bits per heavy atom. The van der Waals surface area contributed by atoms with Crippen molar-refractivity contribution in [3.05, 3.63) is 35.4 Å². The Balaban J connectivity index is 1.97. The van der Waals surface area contributed by atoms with Crippen LogP contribution in [-0.2, 0) is 0 Å². The lowest BCUT2D eigenvalue weighted by Crippen LogP contribution is -2.34. The third-order valence-electron chi connectivity index (χ3n) is 3.51. The van der Waals surface area contributed by atoms with E-state index in [2.05, 4.69) is 12.2 Å². The van der Waals surface area contributed by atoms with Gasteiger partial charge in [0, 0.05) is 29.0 Å². The molecule has 18 heavy (non-hydrogen) atoms. The van der Waals surface area contributed by atoms with Gasteiger partial charge in [-0.3, -0.25) is 0 Å². The van der Waals surface area contributed by atoms with E-state index < -0.39 is 11.6 Å². The molecule has 1 N–H and O–H groups in total. The summed E-state index contributed by atoms with van der Waals surface area (Å²) in [6.45, 7) is 5.01. The highest BCUT2D eigenvalue weighted by molar-refractivity contribution is 8.00. The van der Waals surface area contributed by atoms with Crippen molar-refractivity contribution in [3.63, 3.8) is 0 Å². The molecule has 1 aromatic rings. The monoisotopic (exact) mass is 271 g/mol. The number of hydrogen-bond donors (Lipinski definition) is 1. The maximum Gasteiger partial charge on any atom is 0.130 e. The summed E-state index contributed by atoms with van der Waals surface area (Å²) in [7, 11) is 0. The lowest BCUT2D eigenvalue weighted by molar-refractivity contribution is 0.472. The van der Waals surface area contributed by atoms with E-state index in [-0.39, 0.29) is 10.8 Å². The van der Waals surface area contributed by atoms with E-state index in [9.17, 15) is 8.78 Å². The van der Waals surface area contributed by atoms with Gasteiger partial charge in [-0.15, -0.1) is 0 Å². The fourth-order valence-electron chi connectivity index (χ4n) is 2.31. The van der Waals surface area contributed by atoms with Gasteiger partial charge >= 0.3 is 0 Å². The number of benzene rings is 1. The van der Waals surface area contributed by atoms with Crippen molar-refractivity contribution < 1.29 is 8.78 Å². The summed E-state index contributed by atoms with van der Waals surface area (Å²) in [6.07, 6.45) is 2.45. The molecule has 1 aliphatic rings. The van der Waals surface area contributed by atoms with Gasteiger partial charge in [-0.2, -0.15) is 11.8 Å². The Morgan fingerprint density at radius 2 is 2.22 bits per heavy atom. The van der Waals surface area contributed by atoms with Gasteiger partial charge in [0.25, 0.3) is 0 Å². The van der Waals surface area contributed by atoms with E-state index >= 15 is 0 Å². The van der Waals surface area contributed by atoms with E-state index in [0.29, 0.717) is 5.56 Å². The van der Waals surface area contributed by atoms with Crippen molar-refractivity contribution in [1.82, 2.24) is 5.32 Å². The quantitative estimate of drug-likeness (QED) is 0.891. The van der Waals surface area contributed by atoms with Crippen LogP contribution in [-0.4, -0.2) is 17.0 Å². The Kier molecular flexibility index (Phi) is 4.28. The van der Waals surface area contributed by atoms with Gasteiger partial charge < -0.3 is 5.32 Å². The molecule has 4 heteroatoms. The Labute approximate surface area is 111 Å². The van der Waals surface area contributed by atoms with Gasteiger partial charge in [0.15, 0.2) is 0 Å². The third kappa shape index (κ3) is 3.23. The van der Waals surface area contributed by atoms with Crippen LogP contribution in [0.15, 0.2) is 18.2 Å². The molecule has 2 rings (SSSR count). The summed E-state index contributed by atoms with van der Waals surface area (Å²) in [5.74, 6) is 0.207. The minimum atomic E-state index is -0.526. The highest BCUT2D eigenvalue weighted by Gasteiger charge is 2.29. The normalized spacial score (nSPS) is 25.3. The Bertz CT molecular complexity index is 416. The molecule has 0 aliphatic carbocycles. The van der Waals surface area contributed by atoms with E-state index in [1.54, 1.807) is 0 Å². The van der Waals surface area contributed by atoms with Gasteiger partial charge in [-0.05, 0) is 38.5 Å². The fourth-order valence-corrected chi connectivity index (χ4v) is 3.56. The Morgan fingerprint density at radius 1 is 1.44 bits per heavy atom. The maximum absolute atomic E-state index is 13.6. The van der Waals surface area contributed by atoms with Crippen molar-refractivity contribution in [1.29, 1.82) is 0 Å². The van der Waals surface area contributed by atoms with Crippen LogP contribution in [0.25, 0.3) is 0 Å². The lowest BCUT2D eigenvalue weighted by atomic mass is 10.0. The van der Waals surface area contributed by atoms with Crippen LogP contribution in [0.1, 0.15) is 38.3 Å². The second-order valence-corrected chi connectivity index (χ2v) is 6.85. The molecule has 0 bridgehead atoms. The van der Waals surface area contributed by atoms with Gasteiger partial charge in [0.05, 0.1) is 0 Å². The van der Waals surface area contributed by atoms with Crippen molar-refractivity contribution in [2.45, 2.75) is 37.5 Å². The molecule has 0 radical (unpaired) electrons. The molecule has 2 unspecified atom stereocenters. The van der Waals surface area contributed by atoms with Gasteiger partial charge in [0.2, 0.25) is 0 Å². The molecule has 100 valence electrons. The van der Waals surface area contributed by atoms with Crippen molar-refractivity contribution >= 4 is 11.8 Å². The largest absolute Gasteiger partial charge is 0.309 e. The molecule has 0 amide bonds. The van der Waals surface area contributed by atoms with Gasteiger partial charge in [-0.25, -0.2) is 8.78 Å². The molecular formula is C14H19F2NS. The second kappa shape index (κ2) is 5.57. The summed E-state index contributed by atoms with van der Waals surface area (Å²) < 4.78 is 26.7. The summed E-state index contributed by atoms with van der Waals surface area (Å²) in [5, 5.41) is 3.36. The average molecular weight is 271 g/mol. The predicted octanol–water partition coefficient (Wildman–Crippen LogP) is 3.90. The summed E-state index contributed by atoms with van der Waals surface area (Å²) in [4.78, 5) is 0. The maximum atomic E-state index is 13.6. The predicted molar refractivity (Wildman–Crippen MR) is 72.9 cm³/mol. The van der Waals surface area contributed by atoms with Crippen molar-refractivity contribution in [3.8, 4) is 0 Å². The molecule has 1 nitrogen and oxygen atoms in total. The topological polar surface area (TPSA) is 12.0 Å². The summed E-state index contributed by atoms with van der Waals surface area (Å²) in [5.41, 5.74) is 0.531. The molecule has 1 fully saturated rings. The molecule has 1 saturated heterocycles. The molecule has 1 heterocycles. The summed E-state index contributed by atoms with van der Waals surface area (Å²) in [6, 6.07) is 3.68. The minimum absolute atomic E-state index is 0.0939. The van der Waals surface area contributed by atoms with Crippen LogP contribution in [0.2, 0.25) is 0 Å². The zero-order valence-electron chi connectivity index (χ0n) is 10.8. The molecule has 1 aromatic carbocycles. The number of hydrogen-bond acceptors (Lipinski definition) is 2. The zero-order chi connectivity index (χ0) is 13.2. The first kappa shape index (κ1) is 13.8. The van der Waals surface area contributed by atoms with E-state index in [0.717, 1.165) is 12.6 Å². The molecule has 2 atom stereocenters. The van der Waals surface area contributed by atoms with Crippen LogP contribution in [0.5, 0.6) is 0 Å². The Hall–Kier alpha value is -0.610. The van der Waals surface area contributed by atoms with E-state index in [4.69, 9.17) is 0 Å². The number of nitrogens with one attached hydrogen (secondary N) is 1. The SMILES string of the molecule is CC(NCC1(C)CCCS1)c1ccc(F)cc1F. The summed E-state index contributed by atoms with van der Waals surface area (Å²) >= 11 is 1.97. The molecule has 1 aliphatic heterocycles. The standard InChI is InChI=1S/C14H19F2NS/c1-10(12-5-4-11(15)8-13(12)16)17-9-14(2)6-3-7-18-14/h4-5,8,10,17H,3,6-7,9H2,1-2H3. The number of halogens is 2. The third-order valence-corrected chi connectivity index (χ3v) is 5.05. The highest BCUT2D eigenvalue weighted by Crippen LogP contribution is 2.37. The second-order valence-electron chi connectivity index (χ2n) is 5.17. The minimum Gasteiger partial charge on any atom is -0.309 e. The van der Waals surface area contributed by atoms with Crippen LogP contribution in [0, 0.1) is 11.6 Å². The first-order valence-electron chi connectivity index (χ1n) is 6.32. The molecule has 0 spiro atoms. The van der Waals surface area contributed by atoms with E-state index in [1.807, 2.05) is 18.7 Å². The highest BCUT2D eigenvalue weighted by atomic mass is 32.2. The van der Waals surface area contributed by atoms with Gasteiger partial charge in [-0.1, -0.05) is 6.07 Å². The first-order valence-corrected chi connectivity index (χ1v) is 7.31. The molecular weight excluding hydrogens is 252 g/mol. The lowest BCUT2D eigenvalue weighted by Gasteiger charge is -2.26. The fraction of sp³-hybridized carbons (Fsp3) is 0.571. The van der Waals surface area contributed by atoms with Gasteiger partial charge in [0.1, 0.15) is 11.6 Å². The van der Waals surface area contributed by atoms with Crippen LogP contribution >= 0.6 is 11.8 Å². The molecule has 0 saturated carbocycles. The van der Waals surface area contributed by atoms with Crippen LogP contribution in [0.3, 0.4) is 0 Å². The van der Waals surface area contributed by atoms with Crippen molar-refractivity contribution in [2.24, 2.45) is 0 Å². The number of thioether (sulfide) groups is 1. The molecule has 0 aromatic heterocycles. The van der Waals surface area contributed by atoms with E-state index in [1.165, 1.54) is 30.7 Å². The van der Waals surface area contributed by atoms with Crippen LogP contribution < -0.4 is 5.32 Å². The van der Waals surface area contributed by atoms with Crippen LogP contribution in [0.4, 0.5) is 8.78 Å².